The largest absolute Gasteiger partial charge is 0.456 e. The van der Waals surface area contributed by atoms with Crippen molar-refractivity contribution in [3.8, 4) is 44.5 Å². The zero-order chi connectivity index (χ0) is 37.1. The number of fused-ring (bicyclic) bond motifs is 12. The van der Waals surface area contributed by atoms with E-state index < -0.39 is 0 Å². The van der Waals surface area contributed by atoms with Gasteiger partial charge in [-0.2, -0.15) is 0 Å². The summed E-state index contributed by atoms with van der Waals surface area (Å²) in [4.78, 5) is 0. The van der Waals surface area contributed by atoms with Crippen molar-refractivity contribution in [2.75, 3.05) is 0 Å². The lowest BCUT2D eigenvalue weighted by Gasteiger charge is -2.23. The molecule has 262 valence electrons. The van der Waals surface area contributed by atoms with Crippen LogP contribution < -0.4 is 0 Å². The Hall–Kier alpha value is -6.96. The monoisotopic (exact) mass is 712 g/mol. The van der Waals surface area contributed by atoms with Gasteiger partial charge in [-0.15, -0.1) is 0 Å². The van der Waals surface area contributed by atoms with Crippen LogP contribution in [0, 0.1) is 0 Å². The molecule has 56 heavy (non-hydrogen) atoms. The summed E-state index contributed by atoms with van der Waals surface area (Å²) in [6, 6.07) is 67.1. The van der Waals surface area contributed by atoms with Crippen LogP contribution in [0.5, 0.6) is 0 Å². The van der Waals surface area contributed by atoms with Crippen LogP contribution in [-0.4, -0.2) is 0 Å². The highest BCUT2D eigenvalue weighted by molar-refractivity contribution is 6.23. The molecule has 1 aromatic heterocycles. The van der Waals surface area contributed by atoms with Gasteiger partial charge in [0, 0.05) is 16.2 Å². The SMILES string of the molecule is CC1(C)c2ccc(-c3ccc(-c4c5ccccc5c(-c5ccc6ccccc6c5)c5ccccc45)cc3)cc2-c2ccc3ccc4oc5ccccc5c4c3c21. The van der Waals surface area contributed by atoms with E-state index in [0.29, 0.717) is 0 Å². The first-order valence-electron chi connectivity index (χ1n) is 19.6. The lowest BCUT2D eigenvalue weighted by molar-refractivity contribution is 0.665. The van der Waals surface area contributed by atoms with Gasteiger partial charge in [-0.1, -0.05) is 172 Å². The second-order valence-electron chi connectivity index (χ2n) is 16.0. The van der Waals surface area contributed by atoms with Crippen molar-refractivity contribution in [2.45, 2.75) is 19.3 Å². The summed E-state index contributed by atoms with van der Waals surface area (Å²) >= 11 is 0. The first kappa shape index (κ1) is 31.4. The molecule has 1 aliphatic carbocycles. The van der Waals surface area contributed by atoms with Gasteiger partial charge in [0.1, 0.15) is 11.2 Å². The van der Waals surface area contributed by atoms with Crippen LogP contribution >= 0.6 is 0 Å². The van der Waals surface area contributed by atoms with E-state index in [1.807, 2.05) is 0 Å². The van der Waals surface area contributed by atoms with E-state index in [-0.39, 0.29) is 5.41 Å². The van der Waals surface area contributed by atoms with Crippen LogP contribution in [0.15, 0.2) is 186 Å². The standard InChI is InChI=1S/C55H36O/c1-55(2)47-29-26-38(32-46(47)44-28-25-36-27-30-49-53(52(36)54(44)55)45-17-9-10-18-48(45)56-49)34-19-22-35(23-20-34)50-40-13-5-7-15-42(40)51(43-16-8-6-14-41(43)50)39-24-21-33-11-3-4-12-37(33)31-39/h3-32H,1-2H3. The molecule has 0 unspecified atom stereocenters. The lowest BCUT2D eigenvalue weighted by Crippen LogP contribution is -2.15. The Bertz CT molecular complexity index is 3370. The van der Waals surface area contributed by atoms with Crippen molar-refractivity contribution in [1.82, 2.24) is 0 Å². The summed E-state index contributed by atoms with van der Waals surface area (Å²) < 4.78 is 6.37. The number of para-hydroxylation sites is 1. The molecule has 10 aromatic carbocycles. The molecular formula is C55H36O. The summed E-state index contributed by atoms with van der Waals surface area (Å²) in [5, 5.41) is 12.6. The topological polar surface area (TPSA) is 13.1 Å². The third-order valence-corrected chi connectivity index (χ3v) is 12.6. The molecule has 11 aromatic rings. The van der Waals surface area contributed by atoms with Crippen LogP contribution in [0.3, 0.4) is 0 Å². The Labute approximate surface area is 325 Å². The maximum Gasteiger partial charge on any atom is 0.136 e. The average molecular weight is 713 g/mol. The molecule has 0 radical (unpaired) electrons. The normalized spacial score (nSPS) is 13.3. The first-order chi connectivity index (χ1) is 27.5. The van der Waals surface area contributed by atoms with Crippen molar-refractivity contribution in [1.29, 1.82) is 0 Å². The molecule has 1 heterocycles. The van der Waals surface area contributed by atoms with Crippen molar-refractivity contribution < 1.29 is 4.42 Å². The molecule has 0 bridgehead atoms. The minimum absolute atomic E-state index is 0.166. The second kappa shape index (κ2) is 11.5. The fourth-order valence-electron chi connectivity index (χ4n) is 10.1. The molecule has 0 fully saturated rings. The van der Waals surface area contributed by atoms with Crippen LogP contribution in [-0.2, 0) is 5.41 Å². The molecule has 0 spiro atoms. The summed E-state index contributed by atoms with van der Waals surface area (Å²) in [5.41, 5.74) is 14.6. The smallest absolute Gasteiger partial charge is 0.136 e. The van der Waals surface area contributed by atoms with Gasteiger partial charge in [0.2, 0.25) is 0 Å². The van der Waals surface area contributed by atoms with Crippen molar-refractivity contribution in [3.63, 3.8) is 0 Å². The molecule has 1 heteroatoms. The highest BCUT2D eigenvalue weighted by Gasteiger charge is 2.38. The molecular weight excluding hydrogens is 677 g/mol. The molecule has 0 saturated heterocycles. The fraction of sp³-hybridized carbons (Fsp3) is 0.0545. The van der Waals surface area contributed by atoms with Gasteiger partial charge in [-0.05, 0) is 123 Å². The maximum atomic E-state index is 6.37. The molecule has 0 aliphatic heterocycles. The van der Waals surface area contributed by atoms with Gasteiger partial charge < -0.3 is 4.42 Å². The molecule has 0 atom stereocenters. The predicted octanol–water partition coefficient (Wildman–Crippen LogP) is 15.5. The van der Waals surface area contributed by atoms with E-state index in [9.17, 15) is 0 Å². The molecule has 12 rings (SSSR count). The van der Waals surface area contributed by atoms with Gasteiger partial charge in [-0.3, -0.25) is 0 Å². The summed E-state index contributed by atoms with van der Waals surface area (Å²) in [7, 11) is 0. The summed E-state index contributed by atoms with van der Waals surface area (Å²) in [6.07, 6.45) is 0. The van der Waals surface area contributed by atoms with Gasteiger partial charge >= 0.3 is 0 Å². The lowest BCUT2D eigenvalue weighted by atomic mass is 9.79. The van der Waals surface area contributed by atoms with E-state index in [1.54, 1.807) is 0 Å². The minimum atomic E-state index is -0.166. The molecule has 1 nitrogen and oxygen atoms in total. The van der Waals surface area contributed by atoms with Crippen molar-refractivity contribution >= 4 is 65.0 Å². The number of rotatable bonds is 3. The Balaban J connectivity index is 0.998. The molecule has 0 N–H and O–H groups in total. The number of furan rings is 1. The first-order valence-corrected chi connectivity index (χ1v) is 19.6. The third kappa shape index (κ3) is 4.37. The van der Waals surface area contributed by atoms with E-state index >= 15 is 0 Å². The summed E-state index contributed by atoms with van der Waals surface area (Å²) in [6.45, 7) is 4.76. The quantitative estimate of drug-likeness (QED) is 0.166. The Morgan fingerprint density at radius 2 is 0.911 bits per heavy atom. The Kier molecular flexibility index (Phi) is 6.46. The third-order valence-electron chi connectivity index (χ3n) is 12.6. The Morgan fingerprint density at radius 3 is 1.64 bits per heavy atom. The molecule has 1 aliphatic rings. The minimum Gasteiger partial charge on any atom is -0.456 e. The second-order valence-corrected chi connectivity index (χ2v) is 16.0. The highest BCUT2D eigenvalue weighted by atomic mass is 16.3. The number of hydrogen-bond acceptors (Lipinski definition) is 1. The van der Waals surface area contributed by atoms with E-state index in [2.05, 4.69) is 196 Å². The number of hydrogen-bond donors (Lipinski definition) is 0. The van der Waals surface area contributed by atoms with Gasteiger partial charge in [0.05, 0.1) is 0 Å². The molecule has 0 saturated carbocycles. The zero-order valence-corrected chi connectivity index (χ0v) is 31.2. The van der Waals surface area contributed by atoms with Gasteiger partial charge in [0.15, 0.2) is 0 Å². The van der Waals surface area contributed by atoms with E-state index in [4.69, 9.17) is 4.42 Å². The average Bonchev–Trinajstić information content (AvgIpc) is 3.74. The molecule has 0 amide bonds. The van der Waals surface area contributed by atoms with Crippen molar-refractivity contribution in [3.05, 3.63) is 193 Å². The fourth-order valence-corrected chi connectivity index (χ4v) is 10.1. The van der Waals surface area contributed by atoms with Gasteiger partial charge in [0.25, 0.3) is 0 Å². The number of benzene rings is 10. The van der Waals surface area contributed by atoms with Crippen LogP contribution in [0.25, 0.3) is 110 Å². The van der Waals surface area contributed by atoms with Gasteiger partial charge in [-0.25, -0.2) is 0 Å². The van der Waals surface area contributed by atoms with E-state index in [1.165, 1.54) is 109 Å². The highest BCUT2D eigenvalue weighted by Crippen LogP contribution is 2.54. The Morgan fingerprint density at radius 1 is 0.357 bits per heavy atom. The van der Waals surface area contributed by atoms with Crippen LogP contribution in [0.2, 0.25) is 0 Å². The van der Waals surface area contributed by atoms with Crippen LogP contribution in [0.4, 0.5) is 0 Å². The maximum absolute atomic E-state index is 6.37. The van der Waals surface area contributed by atoms with Crippen molar-refractivity contribution in [2.24, 2.45) is 0 Å². The van der Waals surface area contributed by atoms with E-state index in [0.717, 1.165) is 11.2 Å². The summed E-state index contributed by atoms with van der Waals surface area (Å²) in [5.74, 6) is 0. The zero-order valence-electron chi connectivity index (χ0n) is 31.2. The predicted molar refractivity (Wildman–Crippen MR) is 238 cm³/mol. The van der Waals surface area contributed by atoms with Crippen LogP contribution in [0.1, 0.15) is 25.0 Å².